The fourth-order valence-electron chi connectivity index (χ4n) is 1.61. The van der Waals surface area contributed by atoms with Gasteiger partial charge in [-0.25, -0.2) is 0 Å². The molecular formula is C13H16O2. The number of hydrogen-bond donors (Lipinski definition) is 0. The van der Waals surface area contributed by atoms with E-state index in [1.54, 1.807) is 0 Å². The van der Waals surface area contributed by atoms with Gasteiger partial charge in [-0.3, -0.25) is 0 Å². The average Bonchev–Trinajstić information content (AvgIpc) is 2.63. The molecule has 2 heteroatoms. The lowest BCUT2D eigenvalue weighted by molar-refractivity contribution is 0.337. The van der Waals surface area contributed by atoms with E-state index >= 15 is 0 Å². The fourth-order valence-corrected chi connectivity index (χ4v) is 1.61. The Labute approximate surface area is 89.8 Å². The van der Waals surface area contributed by atoms with Gasteiger partial charge >= 0.3 is 0 Å². The van der Waals surface area contributed by atoms with Crippen LogP contribution in [0, 0.1) is 0 Å². The Hall–Kier alpha value is -1.44. The highest BCUT2D eigenvalue weighted by molar-refractivity contribution is 5.83. The first-order valence-electron chi connectivity index (χ1n) is 5.37. The highest BCUT2D eigenvalue weighted by Gasteiger charge is 2.10. The van der Waals surface area contributed by atoms with E-state index in [0.717, 1.165) is 22.5 Å². The average molecular weight is 204 g/mol. The number of ether oxygens (including phenoxy) is 1. The van der Waals surface area contributed by atoms with E-state index in [-0.39, 0.29) is 0 Å². The van der Waals surface area contributed by atoms with Crippen molar-refractivity contribution in [1.29, 1.82) is 0 Å². The van der Waals surface area contributed by atoms with Gasteiger partial charge in [0.15, 0.2) is 11.3 Å². The van der Waals surface area contributed by atoms with Crippen molar-refractivity contribution in [1.82, 2.24) is 0 Å². The monoisotopic (exact) mass is 204 g/mol. The summed E-state index contributed by atoms with van der Waals surface area (Å²) < 4.78 is 11.3. The van der Waals surface area contributed by atoms with E-state index in [1.807, 2.05) is 25.1 Å². The molecule has 0 aliphatic rings. The Bertz CT molecular complexity index is 455. The minimum Gasteiger partial charge on any atom is -0.490 e. The number of benzene rings is 1. The third-order valence-electron chi connectivity index (χ3n) is 2.40. The summed E-state index contributed by atoms with van der Waals surface area (Å²) in [5.74, 6) is 2.26. The number of fused-ring (bicyclic) bond motifs is 1. The van der Waals surface area contributed by atoms with E-state index < -0.39 is 0 Å². The summed E-state index contributed by atoms with van der Waals surface area (Å²) in [6.07, 6.45) is 0. The summed E-state index contributed by atoms with van der Waals surface area (Å²) in [6, 6.07) is 8.07. The van der Waals surface area contributed by atoms with Crippen molar-refractivity contribution in [2.45, 2.75) is 26.7 Å². The Kier molecular flexibility index (Phi) is 2.67. The van der Waals surface area contributed by atoms with Crippen molar-refractivity contribution in [3.63, 3.8) is 0 Å². The largest absolute Gasteiger partial charge is 0.490 e. The maximum absolute atomic E-state index is 5.79. The molecular weight excluding hydrogens is 188 g/mol. The zero-order valence-corrected chi connectivity index (χ0v) is 9.41. The van der Waals surface area contributed by atoms with Crippen molar-refractivity contribution in [3.8, 4) is 5.75 Å². The van der Waals surface area contributed by atoms with Crippen molar-refractivity contribution in [3.05, 3.63) is 30.0 Å². The molecule has 80 valence electrons. The molecule has 0 amide bonds. The van der Waals surface area contributed by atoms with Crippen molar-refractivity contribution < 1.29 is 9.15 Å². The van der Waals surface area contributed by atoms with E-state index in [1.165, 1.54) is 0 Å². The first-order valence-corrected chi connectivity index (χ1v) is 5.37. The van der Waals surface area contributed by atoms with Gasteiger partial charge < -0.3 is 9.15 Å². The summed E-state index contributed by atoms with van der Waals surface area (Å²) >= 11 is 0. The van der Waals surface area contributed by atoms with Gasteiger partial charge in [0.1, 0.15) is 5.76 Å². The van der Waals surface area contributed by atoms with Crippen LogP contribution < -0.4 is 4.74 Å². The molecule has 0 N–H and O–H groups in total. The summed E-state index contributed by atoms with van der Waals surface area (Å²) in [5.41, 5.74) is 0.864. The topological polar surface area (TPSA) is 22.4 Å². The van der Waals surface area contributed by atoms with Gasteiger partial charge in [0, 0.05) is 11.3 Å². The summed E-state index contributed by atoms with van der Waals surface area (Å²) in [5, 5.41) is 1.12. The van der Waals surface area contributed by atoms with Crippen molar-refractivity contribution in [2.75, 3.05) is 6.61 Å². The third kappa shape index (κ3) is 1.84. The predicted octanol–water partition coefficient (Wildman–Crippen LogP) is 3.95. The van der Waals surface area contributed by atoms with Gasteiger partial charge in [0.25, 0.3) is 0 Å². The zero-order chi connectivity index (χ0) is 10.8. The molecule has 1 aromatic carbocycles. The molecule has 0 spiro atoms. The summed E-state index contributed by atoms with van der Waals surface area (Å²) in [6.45, 7) is 6.89. The number of furan rings is 1. The van der Waals surface area contributed by atoms with Gasteiger partial charge in [0.05, 0.1) is 6.61 Å². The van der Waals surface area contributed by atoms with Crippen LogP contribution in [-0.2, 0) is 0 Å². The lowest BCUT2D eigenvalue weighted by Gasteiger charge is -2.02. The smallest absolute Gasteiger partial charge is 0.176 e. The molecule has 0 saturated heterocycles. The van der Waals surface area contributed by atoms with Gasteiger partial charge in [-0.15, -0.1) is 0 Å². The molecule has 0 aliphatic carbocycles. The van der Waals surface area contributed by atoms with E-state index in [2.05, 4.69) is 19.9 Å². The molecule has 2 rings (SSSR count). The molecule has 0 unspecified atom stereocenters. The van der Waals surface area contributed by atoms with Crippen LogP contribution in [0.15, 0.2) is 28.7 Å². The van der Waals surface area contributed by atoms with E-state index in [4.69, 9.17) is 9.15 Å². The van der Waals surface area contributed by atoms with Gasteiger partial charge in [-0.05, 0) is 19.1 Å². The van der Waals surface area contributed by atoms with Crippen LogP contribution in [0.2, 0.25) is 0 Å². The third-order valence-corrected chi connectivity index (χ3v) is 2.40. The maximum Gasteiger partial charge on any atom is 0.176 e. The van der Waals surface area contributed by atoms with E-state index in [9.17, 15) is 0 Å². The summed E-state index contributed by atoms with van der Waals surface area (Å²) in [4.78, 5) is 0. The Morgan fingerprint density at radius 3 is 2.80 bits per heavy atom. The second-order valence-electron chi connectivity index (χ2n) is 3.91. The van der Waals surface area contributed by atoms with Crippen LogP contribution in [-0.4, -0.2) is 6.61 Å². The van der Waals surface area contributed by atoms with Crippen molar-refractivity contribution >= 4 is 11.0 Å². The normalized spacial score (nSPS) is 11.2. The Morgan fingerprint density at radius 2 is 2.13 bits per heavy atom. The van der Waals surface area contributed by atoms with Gasteiger partial charge in [-0.2, -0.15) is 0 Å². The molecule has 2 nitrogen and oxygen atoms in total. The van der Waals surface area contributed by atoms with Crippen LogP contribution in [0.4, 0.5) is 0 Å². The minimum atomic E-state index is 0.409. The zero-order valence-electron chi connectivity index (χ0n) is 9.41. The molecule has 0 radical (unpaired) electrons. The SMILES string of the molecule is CCOc1cccc2cc(C(C)C)oc12. The second kappa shape index (κ2) is 3.97. The predicted molar refractivity (Wildman–Crippen MR) is 61.5 cm³/mol. The second-order valence-corrected chi connectivity index (χ2v) is 3.91. The molecule has 0 fully saturated rings. The number of para-hydroxylation sites is 1. The first kappa shape index (κ1) is 10.1. The summed E-state index contributed by atoms with van der Waals surface area (Å²) in [7, 11) is 0. The van der Waals surface area contributed by atoms with Crippen LogP contribution in [0.25, 0.3) is 11.0 Å². The van der Waals surface area contributed by atoms with Gasteiger partial charge in [0.2, 0.25) is 0 Å². The molecule has 2 aromatic rings. The maximum atomic E-state index is 5.79. The molecule has 1 aromatic heterocycles. The number of rotatable bonds is 3. The lowest BCUT2D eigenvalue weighted by Crippen LogP contribution is -1.90. The fraction of sp³-hybridized carbons (Fsp3) is 0.385. The first-order chi connectivity index (χ1) is 7.22. The highest BCUT2D eigenvalue weighted by Crippen LogP contribution is 2.31. The Balaban J connectivity index is 2.54. The highest BCUT2D eigenvalue weighted by atomic mass is 16.5. The van der Waals surface area contributed by atoms with Crippen LogP contribution >= 0.6 is 0 Å². The standard InChI is InChI=1S/C13H16O2/c1-4-14-11-7-5-6-10-8-12(9(2)3)15-13(10)11/h5-9H,4H2,1-3H3. The lowest BCUT2D eigenvalue weighted by atomic mass is 10.1. The molecule has 1 heterocycles. The van der Waals surface area contributed by atoms with Crippen molar-refractivity contribution in [2.24, 2.45) is 0 Å². The minimum absolute atomic E-state index is 0.409. The Morgan fingerprint density at radius 1 is 1.33 bits per heavy atom. The van der Waals surface area contributed by atoms with E-state index in [0.29, 0.717) is 12.5 Å². The number of hydrogen-bond acceptors (Lipinski definition) is 2. The molecule has 0 bridgehead atoms. The van der Waals surface area contributed by atoms with Crippen LogP contribution in [0.1, 0.15) is 32.4 Å². The van der Waals surface area contributed by atoms with Crippen LogP contribution in [0.5, 0.6) is 5.75 Å². The molecule has 0 atom stereocenters. The molecule has 0 saturated carbocycles. The molecule has 0 aliphatic heterocycles. The van der Waals surface area contributed by atoms with Crippen LogP contribution in [0.3, 0.4) is 0 Å². The quantitative estimate of drug-likeness (QED) is 0.755. The van der Waals surface area contributed by atoms with Gasteiger partial charge in [-0.1, -0.05) is 26.0 Å². The molecule has 15 heavy (non-hydrogen) atoms.